The third-order valence-corrected chi connectivity index (χ3v) is 4.68. The summed E-state index contributed by atoms with van der Waals surface area (Å²) in [7, 11) is 0. The molecule has 0 aromatic carbocycles. The summed E-state index contributed by atoms with van der Waals surface area (Å²) in [5, 5.41) is 9.88. The van der Waals surface area contributed by atoms with Crippen LogP contribution in [0.1, 0.15) is 38.5 Å². The lowest BCUT2D eigenvalue weighted by molar-refractivity contribution is 0.0434. The van der Waals surface area contributed by atoms with Gasteiger partial charge in [0.1, 0.15) is 0 Å². The Morgan fingerprint density at radius 1 is 1.00 bits per heavy atom. The van der Waals surface area contributed by atoms with E-state index in [9.17, 15) is 5.11 Å². The van der Waals surface area contributed by atoms with E-state index in [-0.39, 0.29) is 6.10 Å². The highest BCUT2D eigenvalue weighted by atomic mass is 16.3. The van der Waals surface area contributed by atoms with Gasteiger partial charge < -0.3 is 5.11 Å². The van der Waals surface area contributed by atoms with Gasteiger partial charge in [-0.05, 0) is 55.8 Å². The molecule has 3 aliphatic carbocycles. The Hall–Kier alpha value is -0.0400. The topological polar surface area (TPSA) is 20.2 Å². The Bertz CT molecular complexity index is 179. The third kappa shape index (κ3) is 0.581. The number of hydrogen-bond donors (Lipinski definition) is 1. The van der Waals surface area contributed by atoms with Crippen LogP contribution in [-0.2, 0) is 0 Å². The minimum atomic E-state index is 0.0694. The van der Waals surface area contributed by atoms with Gasteiger partial charge >= 0.3 is 0 Å². The SMILES string of the molecule is O[C@H]1CC[C@H]2C3CCC12CC3. The smallest absolute Gasteiger partial charge is 0.0599 e. The van der Waals surface area contributed by atoms with Gasteiger partial charge in [-0.3, -0.25) is 0 Å². The van der Waals surface area contributed by atoms with E-state index in [4.69, 9.17) is 0 Å². The fourth-order valence-electron chi connectivity index (χ4n) is 4.15. The molecule has 0 amide bonds. The Kier molecular flexibility index (Phi) is 1.07. The van der Waals surface area contributed by atoms with Crippen molar-refractivity contribution in [3.05, 3.63) is 0 Å². The Morgan fingerprint density at radius 3 is 2.36 bits per heavy atom. The van der Waals surface area contributed by atoms with Gasteiger partial charge in [0, 0.05) is 0 Å². The van der Waals surface area contributed by atoms with Crippen molar-refractivity contribution < 1.29 is 5.11 Å². The number of rotatable bonds is 0. The molecule has 62 valence electrons. The molecule has 3 fully saturated rings. The molecular formula is C10H16O. The first-order valence-electron chi connectivity index (χ1n) is 5.01. The monoisotopic (exact) mass is 152 g/mol. The first-order valence-corrected chi connectivity index (χ1v) is 5.01. The van der Waals surface area contributed by atoms with Gasteiger partial charge in [0.15, 0.2) is 0 Å². The molecule has 0 aromatic rings. The zero-order valence-corrected chi connectivity index (χ0v) is 6.92. The molecule has 0 aromatic heterocycles. The van der Waals surface area contributed by atoms with Crippen molar-refractivity contribution in [1.82, 2.24) is 0 Å². The molecule has 3 saturated carbocycles. The van der Waals surface area contributed by atoms with Crippen LogP contribution in [0.3, 0.4) is 0 Å². The molecule has 0 radical (unpaired) electrons. The first kappa shape index (κ1) is 6.47. The van der Waals surface area contributed by atoms with Crippen LogP contribution in [0.15, 0.2) is 0 Å². The second kappa shape index (κ2) is 1.82. The molecule has 1 N–H and O–H groups in total. The highest BCUT2D eigenvalue weighted by Gasteiger charge is 2.59. The summed E-state index contributed by atoms with van der Waals surface area (Å²) in [6.45, 7) is 0. The first-order chi connectivity index (χ1) is 5.33. The summed E-state index contributed by atoms with van der Waals surface area (Å²) in [6.07, 6.45) is 8.00. The summed E-state index contributed by atoms with van der Waals surface area (Å²) in [5.74, 6) is 1.93. The fraction of sp³-hybridized carbons (Fsp3) is 1.00. The summed E-state index contributed by atoms with van der Waals surface area (Å²) >= 11 is 0. The van der Waals surface area contributed by atoms with Crippen molar-refractivity contribution in [1.29, 1.82) is 0 Å². The molecule has 0 unspecified atom stereocenters. The maximum absolute atomic E-state index is 9.88. The maximum Gasteiger partial charge on any atom is 0.0599 e. The maximum atomic E-state index is 9.88. The number of hydrogen-bond acceptors (Lipinski definition) is 1. The second-order valence-electron chi connectivity index (χ2n) is 4.77. The molecule has 1 nitrogen and oxygen atoms in total. The van der Waals surface area contributed by atoms with E-state index in [1.807, 2.05) is 0 Å². The molecule has 3 rings (SSSR count). The summed E-state index contributed by atoms with van der Waals surface area (Å²) in [5.41, 5.74) is 0.435. The molecule has 0 aliphatic heterocycles. The summed E-state index contributed by atoms with van der Waals surface area (Å²) in [6, 6.07) is 0. The van der Waals surface area contributed by atoms with E-state index < -0.39 is 0 Å². The van der Waals surface area contributed by atoms with E-state index >= 15 is 0 Å². The van der Waals surface area contributed by atoms with Crippen LogP contribution in [0, 0.1) is 17.3 Å². The predicted octanol–water partition coefficient (Wildman–Crippen LogP) is 1.95. The molecule has 2 atom stereocenters. The zero-order valence-electron chi connectivity index (χ0n) is 6.92. The van der Waals surface area contributed by atoms with Crippen LogP contribution in [-0.4, -0.2) is 11.2 Å². The van der Waals surface area contributed by atoms with Gasteiger partial charge in [-0.15, -0.1) is 0 Å². The summed E-state index contributed by atoms with van der Waals surface area (Å²) in [4.78, 5) is 0. The molecular weight excluding hydrogens is 136 g/mol. The molecule has 11 heavy (non-hydrogen) atoms. The minimum absolute atomic E-state index is 0.0694. The van der Waals surface area contributed by atoms with Crippen molar-refractivity contribution in [2.75, 3.05) is 0 Å². The van der Waals surface area contributed by atoms with E-state index in [2.05, 4.69) is 0 Å². The van der Waals surface area contributed by atoms with Crippen molar-refractivity contribution in [3.63, 3.8) is 0 Å². The van der Waals surface area contributed by atoms with Crippen molar-refractivity contribution in [3.8, 4) is 0 Å². The third-order valence-electron chi connectivity index (χ3n) is 4.68. The standard InChI is InChI=1S/C10H16O/c11-9-2-1-8-7-3-5-10(8,9)6-4-7/h7-9,11H,1-6H2/t7?,8-,9-,10?/m0/s1. The molecule has 2 bridgehead atoms. The predicted molar refractivity (Wildman–Crippen MR) is 43.1 cm³/mol. The highest BCUT2D eigenvalue weighted by Crippen LogP contribution is 2.65. The van der Waals surface area contributed by atoms with E-state index in [0.29, 0.717) is 5.41 Å². The van der Waals surface area contributed by atoms with Gasteiger partial charge in [-0.25, -0.2) is 0 Å². The normalized spacial score (nSPS) is 60.3. The van der Waals surface area contributed by atoms with Gasteiger partial charge in [0.05, 0.1) is 6.10 Å². The molecule has 0 spiro atoms. The quantitative estimate of drug-likeness (QED) is 0.562. The largest absolute Gasteiger partial charge is 0.393 e. The van der Waals surface area contributed by atoms with E-state index in [0.717, 1.165) is 18.3 Å². The van der Waals surface area contributed by atoms with Gasteiger partial charge in [0.25, 0.3) is 0 Å². The number of aliphatic hydroxyl groups excluding tert-OH is 1. The van der Waals surface area contributed by atoms with Crippen LogP contribution < -0.4 is 0 Å². The molecule has 3 aliphatic rings. The van der Waals surface area contributed by atoms with Crippen LogP contribution in [0.5, 0.6) is 0 Å². The lowest BCUT2D eigenvalue weighted by Gasteiger charge is -2.29. The average molecular weight is 152 g/mol. The van der Waals surface area contributed by atoms with Crippen molar-refractivity contribution >= 4 is 0 Å². The van der Waals surface area contributed by atoms with Crippen LogP contribution in [0.4, 0.5) is 0 Å². The highest BCUT2D eigenvalue weighted by molar-refractivity contribution is 5.09. The van der Waals surface area contributed by atoms with Crippen molar-refractivity contribution in [2.24, 2.45) is 17.3 Å². The van der Waals surface area contributed by atoms with Crippen LogP contribution in [0.2, 0.25) is 0 Å². The Balaban J connectivity index is 2.02. The van der Waals surface area contributed by atoms with Crippen LogP contribution in [0.25, 0.3) is 0 Å². The Morgan fingerprint density at radius 2 is 1.73 bits per heavy atom. The zero-order chi connectivity index (χ0) is 7.47. The lowest BCUT2D eigenvalue weighted by atomic mass is 9.79. The van der Waals surface area contributed by atoms with Gasteiger partial charge in [0.2, 0.25) is 0 Å². The molecule has 1 heteroatoms. The van der Waals surface area contributed by atoms with Crippen molar-refractivity contribution in [2.45, 2.75) is 44.6 Å². The number of aliphatic hydroxyl groups is 1. The van der Waals surface area contributed by atoms with E-state index in [1.165, 1.54) is 32.1 Å². The summed E-state index contributed by atoms with van der Waals surface area (Å²) < 4.78 is 0. The lowest BCUT2D eigenvalue weighted by Crippen LogP contribution is -2.29. The van der Waals surface area contributed by atoms with Gasteiger partial charge in [-0.1, -0.05) is 0 Å². The molecule has 0 heterocycles. The fourth-order valence-corrected chi connectivity index (χ4v) is 4.15. The van der Waals surface area contributed by atoms with Gasteiger partial charge in [-0.2, -0.15) is 0 Å². The second-order valence-corrected chi connectivity index (χ2v) is 4.77. The van der Waals surface area contributed by atoms with Crippen LogP contribution >= 0.6 is 0 Å². The van der Waals surface area contributed by atoms with E-state index in [1.54, 1.807) is 0 Å². The Labute approximate surface area is 67.8 Å². The molecule has 0 saturated heterocycles. The average Bonchev–Trinajstić information content (AvgIpc) is 2.61. The minimum Gasteiger partial charge on any atom is -0.393 e.